The zero-order valence-electron chi connectivity index (χ0n) is 14.1. The predicted octanol–water partition coefficient (Wildman–Crippen LogP) is 2.15. The first-order valence-corrected chi connectivity index (χ1v) is 8.62. The highest BCUT2D eigenvalue weighted by Crippen LogP contribution is 2.28. The van der Waals surface area contributed by atoms with Crippen LogP contribution in [0, 0.1) is 0 Å². The van der Waals surface area contributed by atoms with Gasteiger partial charge in [-0.15, -0.1) is 5.10 Å². The van der Waals surface area contributed by atoms with Crippen molar-refractivity contribution in [1.29, 1.82) is 0 Å². The Morgan fingerprint density at radius 1 is 1.29 bits per heavy atom. The van der Waals surface area contributed by atoms with Crippen LogP contribution >= 0.6 is 11.6 Å². The molecule has 2 aromatic rings. The van der Waals surface area contributed by atoms with Crippen molar-refractivity contribution < 1.29 is 4.74 Å². The first-order chi connectivity index (χ1) is 11.6. The van der Waals surface area contributed by atoms with E-state index < -0.39 is 0 Å². The van der Waals surface area contributed by atoms with E-state index in [0.717, 1.165) is 56.3 Å². The molecular weight excluding hydrogens is 328 g/mol. The van der Waals surface area contributed by atoms with Crippen LogP contribution < -0.4 is 5.32 Å². The highest BCUT2D eigenvalue weighted by atomic mass is 35.5. The van der Waals surface area contributed by atoms with Crippen molar-refractivity contribution in [3.8, 4) is 11.3 Å². The molecule has 0 radical (unpaired) electrons. The lowest BCUT2D eigenvalue weighted by Crippen LogP contribution is -2.38. The molecule has 130 valence electrons. The Morgan fingerprint density at radius 3 is 2.83 bits per heavy atom. The van der Waals surface area contributed by atoms with Gasteiger partial charge in [0, 0.05) is 43.1 Å². The van der Waals surface area contributed by atoms with Gasteiger partial charge in [0.15, 0.2) is 0 Å². The molecule has 1 aliphatic rings. The topological polar surface area (TPSA) is 68.1 Å². The smallest absolute Gasteiger partial charge is 0.131 e. The Hall–Kier alpha value is -1.70. The van der Waals surface area contributed by atoms with Crippen LogP contribution in [0.15, 0.2) is 18.5 Å². The summed E-state index contributed by atoms with van der Waals surface area (Å²) in [6, 6.07) is 2.11. The minimum absolute atomic E-state index is 0.290. The number of aromatic nitrogens is 4. The van der Waals surface area contributed by atoms with Gasteiger partial charge in [-0.1, -0.05) is 16.8 Å². The molecule has 0 aromatic carbocycles. The molecule has 0 amide bonds. The fourth-order valence-electron chi connectivity index (χ4n) is 2.66. The molecule has 0 atom stereocenters. The van der Waals surface area contributed by atoms with E-state index in [1.807, 2.05) is 16.9 Å². The molecule has 0 saturated carbocycles. The van der Waals surface area contributed by atoms with Crippen molar-refractivity contribution in [1.82, 2.24) is 24.9 Å². The first-order valence-electron chi connectivity index (χ1n) is 8.24. The molecule has 1 N–H and O–H groups in total. The molecule has 0 spiro atoms. The third-order valence-electron chi connectivity index (χ3n) is 3.88. The van der Waals surface area contributed by atoms with Gasteiger partial charge in [-0.2, -0.15) is 0 Å². The molecule has 24 heavy (non-hydrogen) atoms. The summed E-state index contributed by atoms with van der Waals surface area (Å²) in [5.41, 5.74) is 2.63. The lowest BCUT2D eigenvalue weighted by molar-refractivity contribution is 0.0359. The maximum atomic E-state index is 6.02. The van der Waals surface area contributed by atoms with Gasteiger partial charge in [-0.25, -0.2) is 4.98 Å². The lowest BCUT2D eigenvalue weighted by Gasteiger charge is -2.26. The molecule has 3 heterocycles. The van der Waals surface area contributed by atoms with Gasteiger partial charge in [0.2, 0.25) is 0 Å². The van der Waals surface area contributed by atoms with Gasteiger partial charge in [0.05, 0.1) is 26.0 Å². The molecule has 8 heteroatoms. The molecule has 0 bridgehead atoms. The summed E-state index contributed by atoms with van der Waals surface area (Å²) in [5, 5.41) is 12.4. The van der Waals surface area contributed by atoms with E-state index in [4.69, 9.17) is 16.3 Å². The van der Waals surface area contributed by atoms with Gasteiger partial charge >= 0.3 is 0 Å². The number of hydrogen-bond acceptors (Lipinski definition) is 6. The zero-order chi connectivity index (χ0) is 16.9. The molecule has 0 aliphatic carbocycles. The molecule has 1 fully saturated rings. The molecule has 3 rings (SSSR count). The summed E-state index contributed by atoms with van der Waals surface area (Å²) in [5.74, 6) is 0. The quantitative estimate of drug-likeness (QED) is 0.805. The van der Waals surface area contributed by atoms with Gasteiger partial charge < -0.3 is 10.1 Å². The summed E-state index contributed by atoms with van der Waals surface area (Å²) in [4.78, 5) is 6.55. The van der Waals surface area contributed by atoms with Crippen molar-refractivity contribution >= 4 is 17.3 Å². The Labute approximate surface area is 147 Å². The normalized spacial score (nSPS) is 15.8. The van der Waals surface area contributed by atoms with Crippen LogP contribution in [0.5, 0.6) is 0 Å². The van der Waals surface area contributed by atoms with Crippen molar-refractivity contribution in [2.24, 2.45) is 0 Å². The number of pyridine rings is 1. The fraction of sp³-hybridized carbons (Fsp3) is 0.562. The van der Waals surface area contributed by atoms with Crippen LogP contribution in [0.3, 0.4) is 0 Å². The summed E-state index contributed by atoms with van der Waals surface area (Å²) in [6.45, 7) is 9.49. The molecule has 1 saturated heterocycles. The largest absolute Gasteiger partial charge is 0.382 e. The van der Waals surface area contributed by atoms with Gasteiger partial charge in [0.25, 0.3) is 0 Å². The number of nitrogens with one attached hydrogen (secondary N) is 1. The Bertz CT molecular complexity index is 668. The maximum absolute atomic E-state index is 6.02. The van der Waals surface area contributed by atoms with Crippen LogP contribution in [0.25, 0.3) is 11.3 Å². The minimum atomic E-state index is 0.290. The van der Waals surface area contributed by atoms with Crippen LogP contribution in [-0.4, -0.2) is 63.8 Å². The second kappa shape index (κ2) is 7.92. The second-order valence-corrected chi connectivity index (χ2v) is 6.56. The van der Waals surface area contributed by atoms with Gasteiger partial charge in [-0.3, -0.25) is 9.58 Å². The molecule has 0 unspecified atom stereocenters. The number of hydrogen-bond donors (Lipinski definition) is 1. The Balaban J connectivity index is 1.70. The molecule has 1 aliphatic heterocycles. The van der Waals surface area contributed by atoms with Crippen LogP contribution in [0.4, 0.5) is 5.69 Å². The molecular formula is C16H23ClN6O. The predicted molar refractivity (Wildman–Crippen MR) is 94.3 cm³/mol. The molecule has 7 nitrogen and oxygen atoms in total. The third-order valence-corrected chi connectivity index (χ3v) is 4.09. The summed E-state index contributed by atoms with van der Waals surface area (Å²) < 4.78 is 7.24. The van der Waals surface area contributed by atoms with Crippen LogP contribution in [0.2, 0.25) is 5.15 Å². The third kappa shape index (κ3) is 4.43. The Kier molecular flexibility index (Phi) is 5.65. The second-order valence-electron chi connectivity index (χ2n) is 6.17. The SMILES string of the molecule is CC(C)Nc1cc(Cl)ncc1-c1cn(CCN2CCOCC2)nn1. The van der Waals surface area contributed by atoms with E-state index in [0.29, 0.717) is 11.2 Å². The number of morpholine rings is 1. The average molecular weight is 351 g/mol. The number of ether oxygens (including phenoxy) is 1. The maximum Gasteiger partial charge on any atom is 0.131 e. The van der Waals surface area contributed by atoms with Crippen molar-refractivity contribution in [2.45, 2.75) is 26.4 Å². The zero-order valence-corrected chi connectivity index (χ0v) is 14.8. The monoisotopic (exact) mass is 350 g/mol. The summed E-state index contributed by atoms with van der Waals surface area (Å²) in [6.07, 6.45) is 3.69. The van der Waals surface area contributed by atoms with E-state index in [1.54, 1.807) is 6.20 Å². The highest BCUT2D eigenvalue weighted by molar-refractivity contribution is 6.29. The van der Waals surface area contributed by atoms with Crippen molar-refractivity contribution in [3.63, 3.8) is 0 Å². The van der Waals surface area contributed by atoms with E-state index >= 15 is 0 Å². The van der Waals surface area contributed by atoms with E-state index in [1.165, 1.54) is 0 Å². The van der Waals surface area contributed by atoms with E-state index in [-0.39, 0.29) is 0 Å². The van der Waals surface area contributed by atoms with Gasteiger partial charge in [-0.05, 0) is 19.9 Å². The first kappa shape index (κ1) is 17.1. The Morgan fingerprint density at radius 2 is 2.08 bits per heavy atom. The summed E-state index contributed by atoms with van der Waals surface area (Å²) in [7, 11) is 0. The van der Waals surface area contributed by atoms with Crippen LogP contribution in [-0.2, 0) is 11.3 Å². The summed E-state index contributed by atoms with van der Waals surface area (Å²) >= 11 is 6.02. The fourth-order valence-corrected chi connectivity index (χ4v) is 2.82. The van der Waals surface area contributed by atoms with Crippen LogP contribution in [0.1, 0.15) is 13.8 Å². The number of nitrogens with zero attached hydrogens (tertiary/aromatic N) is 5. The average Bonchev–Trinajstić information content (AvgIpc) is 3.02. The number of anilines is 1. The lowest BCUT2D eigenvalue weighted by atomic mass is 10.1. The van der Waals surface area contributed by atoms with Crippen molar-refractivity contribution in [2.75, 3.05) is 38.2 Å². The van der Waals surface area contributed by atoms with E-state index in [2.05, 4.69) is 39.4 Å². The number of halogens is 1. The molecule has 2 aromatic heterocycles. The van der Waals surface area contributed by atoms with Crippen molar-refractivity contribution in [3.05, 3.63) is 23.6 Å². The van der Waals surface area contributed by atoms with E-state index in [9.17, 15) is 0 Å². The van der Waals surface area contributed by atoms with Gasteiger partial charge in [0.1, 0.15) is 10.8 Å². The minimum Gasteiger partial charge on any atom is -0.382 e. The number of rotatable bonds is 6. The highest BCUT2D eigenvalue weighted by Gasteiger charge is 2.13. The standard InChI is InChI=1S/C16H23ClN6O/c1-12(2)19-14-9-16(17)18-10-13(14)15-11-23(21-20-15)4-3-22-5-7-24-8-6-22/h9-12H,3-8H2,1-2H3,(H,18,19).